The van der Waals surface area contributed by atoms with Gasteiger partial charge < -0.3 is 10.2 Å². The average molecular weight is 276 g/mol. The lowest BCUT2D eigenvalue weighted by Crippen LogP contribution is -2.52. The molecule has 1 saturated carbocycles. The van der Waals surface area contributed by atoms with E-state index in [0.29, 0.717) is 0 Å². The summed E-state index contributed by atoms with van der Waals surface area (Å²) in [6.07, 6.45) is 7.77. The third-order valence-electron chi connectivity index (χ3n) is 4.92. The van der Waals surface area contributed by atoms with Crippen molar-refractivity contribution in [2.45, 2.75) is 51.0 Å². The molecule has 0 radical (unpaired) electrons. The zero-order chi connectivity index (χ0) is 14.0. The van der Waals surface area contributed by atoms with Gasteiger partial charge in [-0.3, -0.25) is 0 Å². The highest BCUT2D eigenvalue weighted by Crippen LogP contribution is 2.32. The molecule has 2 fully saturated rings. The second-order valence-electron chi connectivity index (χ2n) is 6.48. The number of nitrogens with zero attached hydrogens (tertiary/aromatic N) is 1. The fraction of sp³-hybridized carbons (Fsp3) is 0.647. The third kappa shape index (κ3) is 2.83. The van der Waals surface area contributed by atoms with Crippen molar-refractivity contribution in [3.05, 3.63) is 29.6 Å². The Morgan fingerprint density at radius 1 is 1.15 bits per heavy atom. The smallest absolute Gasteiger partial charge is 0.126 e. The summed E-state index contributed by atoms with van der Waals surface area (Å²) in [7, 11) is 0. The van der Waals surface area contributed by atoms with Gasteiger partial charge in [0.15, 0.2) is 0 Å². The highest BCUT2D eigenvalue weighted by molar-refractivity contribution is 5.49. The van der Waals surface area contributed by atoms with Crippen LogP contribution in [0.2, 0.25) is 0 Å². The molecule has 0 unspecified atom stereocenters. The van der Waals surface area contributed by atoms with Crippen LogP contribution < -0.4 is 10.2 Å². The lowest BCUT2D eigenvalue weighted by molar-refractivity contribution is 0.246. The summed E-state index contributed by atoms with van der Waals surface area (Å²) < 4.78 is 13.5. The molecule has 110 valence electrons. The van der Waals surface area contributed by atoms with Crippen molar-refractivity contribution in [3.63, 3.8) is 0 Å². The van der Waals surface area contributed by atoms with E-state index < -0.39 is 0 Å². The van der Waals surface area contributed by atoms with Gasteiger partial charge in [0, 0.05) is 24.3 Å². The predicted octanol–water partition coefficient (Wildman–Crippen LogP) is 3.64. The van der Waals surface area contributed by atoms with E-state index in [0.717, 1.165) is 31.6 Å². The first-order chi connectivity index (χ1) is 9.69. The molecule has 3 rings (SSSR count). The molecular weight excluding hydrogens is 251 g/mol. The van der Waals surface area contributed by atoms with E-state index in [-0.39, 0.29) is 11.4 Å². The van der Waals surface area contributed by atoms with Crippen LogP contribution in [0.15, 0.2) is 18.2 Å². The maximum Gasteiger partial charge on any atom is 0.126 e. The minimum Gasteiger partial charge on any atom is -0.370 e. The van der Waals surface area contributed by atoms with E-state index in [2.05, 4.69) is 10.2 Å². The van der Waals surface area contributed by atoms with Gasteiger partial charge in [0.1, 0.15) is 5.82 Å². The summed E-state index contributed by atoms with van der Waals surface area (Å²) in [4.78, 5) is 2.46. The Hall–Kier alpha value is -1.09. The molecule has 1 aromatic rings. The van der Waals surface area contributed by atoms with Gasteiger partial charge in [-0.25, -0.2) is 4.39 Å². The van der Waals surface area contributed by atoms with E-state index in [4.69, 9.17) is 0 Å². The van der Waals surface area contributed by atoms with Crippen molar-refractivity contribution in [1.82, 2.24) is 5.32 Å². The van der Waals surface area contributed by atoms with Gasteiger partial charge in [0.2, 0.25) is 0 Å². The molecule has 1 heterocycles. The molecule has 3 heteroatoms. The normalized spacial score (nSPS) is 22.8. The lowest BCUT2D eigenvalue weighted by atomic mass is 9.81. The van der Waals surface area contributed by atoms with Gasteiger partial charge in [-0.05, 0) is 56.5 Å². The van der Waals surface area contributed by atoms with Crippen LogP contribution in [0.4, 0.5) is 10.1 Å². The Labute approximate surface area is 121 Å². The van der Waals surface area contributed by atoms with Crippen LogP contribution in [0.3, 0.4) is 0 Å². The SMILES string of the molecule is Cc1cc(N2CCCNC3(CCCCC3)C2)ccc1F. The molecule has 2 nitrogen and oxygen atoms in total. The quantitative estimate of drug-likeness (QED) is 0.842. The van der Waals surface area contributed by atoms with Gasteiger partial charge in [-0.2, -0.15) is 0 Å². The number of anilines is 1. The molecule has 1 saturated heterocycles. The molecule has 1 aliphatic carbocycles. The number of hydrogen-bond donors (Lipinski definition) is 1. The molecule has 0 bridgehead atoms. The monoisotopic (exact) mass is 276 g/mol. The van der Waals surface area contributed by atoms with Crippen LogP contribution in [0.25, 0.3) is 0 Å². The Morgan fingerprint density at radius 3 is 2.70 bits per heavy atom. The van der Waals surface area contributed by atoms with Crippen molar-refractivity contribution in [2.24, 2.45) is 0 Å². The Morgan fingerprint density at radius 2 is 1.95 bits per heavy atom. The minimum absolute atomic E-state index is 0.103. The molecule has 0 aromatic heterocycles. The molecule has 20 heavy (non-hydrogen) atoms. The van der Waals surface area contributed by atoms with Crippen molar-refractivity contribution in [1.29, 1.82) is 0 Å². The van der Waals surface area contributed by atoms with Crippen LogP contribution in [-0.4, -0.2) is 25.2 Å². The van der Waals surface area contributed by atoms with Crippen LogP contribution >= 0.6 is 0 Å². The van der Waals surface area contributed by atoms with E-state index in [9.17, 15) is 4.39 Å². The lowest BCUT2D eigenvalue weighted by Gasteiger charge is -2.40. The number of aryl methyl sites for hydroxylation is 1. The Balaban J connectivity index is 1.82. The van der Waals surface area contributed by atoms with Crippen LogP contribution in [0, 0.1) is 12.7 Å². The van der Waals surface area contributed by atoms with Crippen LogP contribution in [0.5, 0.6) is 0 Å². The summed E-state index contributed by atoms with van der Waals surface area (Å²) in [6, 6.07) is 5.54. The summed E-state index contributed by atoms with van der Waals surface area (Å²) in [5, 5.41) is 3.81. The maximum atomic E-state index is 13.5. The first-order valence-electron chi connectivity index (χ1n) is 7.95. The van der Waals surface area contributed by atoms with Gasteiger partial charge in [0.05, 0.1) is 0 Å². The Bertz CT molecular complexity index is 466. The molecule has 1 N–H and O–H groups in total. The van der Waals surface area contributed by atoms with Crippen LogP contribution in [-0.2, 0) is 0 Å². The van der Waals surface area contributed by atoms with Crippen molar-refractivity contribution in [2.75, 3.05) is 24.5 Å². The number of halogens is 1. The average Bonchev–Trinajstić information content (AvgIpc) is 2.66. The molecule has 0 amide bonds. The number of benzene rings is 1. The topological polar surface area (TPSA) is 15.3 Å². The largest absolute Gasteiger partial charge is 0.370 e. The zero-order valence-corrected chi connectivity index (χ0v) is 12.4. The van der Waals surface area contributed by atoms with Gasteiger partial charge in [-0.15, -0.1) is 0 Å². The van der Waals surface area contributed by atoms with E-state index in [1.54, 1.807) is 6.07 Å². The zero-order valence-electron chi connectivity index (χ0n) is 12.4. The second-order valence-corrected chi connectivity index (χ2v) is 6.48. The van der Waals surface area contributed by atoms with E-state index in [1.165, 1.54) is 37.8 Å². The van der Waals surface area contributed by atoms with Crippen molar-refractivity contribution >= 4 is 5.69 Å². The van der Waals surface area contributed by atoms with E-state index >= 15 is 0 Å². The van der Waals surface area contributed by atoms with E-state index in [1.807, 2.05) is 19.1 Å². The molecule has 2 aliphatic rings. The first-order valence-corrected chi connectivity index (χ1v) is 7.95. The number of hydrogen-bond acceptors (Lipinski definition) is 2. The molecule has 1 aromatic carbocycles. The number of nitrogens with one attached hydrogen (secondary N) is 1. The summed E-state index contributed by atoms with van der Waals surface area (Å²) in [6.45, 7) is 5.10. The summed E-state index contributed by atoms with van der Waals surface area (Å²) in [5.74, 6) is -0.103. The highest BCUT2D eigenvalue weighted by Gasteiger charge is 2.34. The van der Waals surface area contributed by atoms with Gasteiger partial charge >= 0.3 is 0 Å². The number of rotatable bonds is 1. The minimum atomic E-state index is -0.103. The molecular formula is C17H25FN2. The van der Waals surface area contributed by atoms with Crippen molar-refractivity contribution < 1.29 is 4.39 Å². The van der Waals surface area contributed by atoms with Gasteiger partial charge in [0.25, 0.3) is 0 Å². The Kier molecular flexibility index (Phi) is 3.97. The summed E-state index contributed by atoms with van der Waals surface area (Å²) in [5.41, 5.74) is 2.21. The fourth-order valence-corrected chi connectivity index (χ4v) is 3.73. The molecule has 1 spiro atoms. The highest BCUT2D eigenvalue weighted by atomic mass is 19.1. The predicted molar refractivity (Wildman–Crippen MR) is 81.8 cm³/mol. The third-order valence-corrected chi connectivity index (χ3v) is 4.92. The molecule has 0 atom stereocenters. The standard InChI is InChI=1S/C17H25FN2/c1-14-12-15(6-7-16(14)18)20-11-5-10-19-17(13-20)8-3-2-4-9-17/h6-7,12,19H,2-5,8-11,13H2,1H3. The van der Waals surface area contributed by atoms with Crippen LogP contribution in [0.1, 0.15) is 44.1 Å². The fourth-order valence-electron chi connectivity index (χ4n) is 3.73. The maximum absolute atomic E-state index is 13.5. The summed E-state index contributed by atoms with van der Waals surface area (Å²) >= 11 is 0. The van der Waals surface area contributed by atoms with Crippen molar-refractivity contribution in [3.8, 4) is 0 Å². The first kappa shape index (κ1) is 13.9. The second kappa shape index (κ2) is 5.72. The van der Waals surface area contributed by atoms with Gasteiger partial charge in [-0.1, -0.05) is 19.3 Å². The molecule has 1 aliphatic heterocycles.